The molecule has 19 heavy (non-hydrogen) atoms. The number of carbonyl (C=O) groups excluding carboxylic acids is 2. The van der Waals surface area contributed by atoms with Gasteiger partial charge in [-0.1, -0.05) is 0 Å². The molecule has 0 aromatic carbocycles. The molecule has 106 valence electrons. The molecule has 0 spiro atoms. The Morgan fingerprint density at radius 2 is 1.53 bits per heavy atom. The largest absolute Gasteiger partial charge is 0.478 e. The number of aliphatic carboxylic acids is 1. The number of nitrogens with one attached hydrogen (secondary N) is 1. The third-order valence-electron chi connectivity index (χ3n) is 3.23. The minimum absolute atomic E-state index is 0.0370. The smallest absolute Gasteiger partial charge is 0.331 e. The monoisotopic (exact) mass is 269 g/mol. The predicted octanol–water partition coefficient (Wildman–Crippen LogP) is -0.109. The van der Waals surface area contributed by atoms with E-state index in [4.69, 9.17) is 5.11 Å². The number of carboxylic acids is 1. The van der Waals surface area contributed by atoms with E-state index >= 15 is 0 Å². The van der Waals surface area contributed by atoms with Crippen LogP contribution in [0.5, 0.6) is 0 Å². The van der Waals surface area contributed by atoms with E-state index < -0.39 is 17.9 Å². The first-order chi connectivity index (χ1) is 8.82. The summed E-state index contributed by atoms with van der Waals surface area (Å²) in [5.41, 5.74) is -0.0290. The van der Waals surface area contributed by atoms with Crippen molar-refractivity contribution in [2.45, 2.75) is 13.8 Å². The zero-order valence-corrected chi connectivity index (χ0v) is 11.4. The van der Waals surface area contributed by atoms with Crippen LogP contribution in [0.3, 0.4) is 0 Å². The summed E-state index contributed by atoms with van der Waals surface area (Å²) in [5.74, 6) is -1.83. The van der Waals surface area contributed by atoms with E-state index in [0.717, 1.165) is 13.1 Å². The Labute approximate surface area is 111 Å². The second-order valence-corrected chi connectivity index (χ2v) is 4.60. The third kappa shape index (κ3) is 4.06. The molecule has 7 heteroatoms. The van der Waals surface area contributed by atoms with E-state index in [2.05, 4.69) is 10.2 Å². The molecule has 1 heterocycles. The Morgan fingerprint density at radius 1 is 1.00 bits per heavy atom. The lowest BCUT2D eigenvalue weighted by Crippen LogP contribution is -2.51. The Balaban J connectivity index is 2.60. The fraction of sp³-hybridized carbons (Fsp3) is 0.583. The highest BCUT2D eigenvalue weighted by Gasteiger charge is 2.22. The summed E-state index contributed by atoms with van der Waals surface area (Å²) in [6.45, 7) is 5.33. The van der Waals surface area contributed by atoms with Gasteiger partial charge in [-0.05, 0) is 20.9 Å². The minimum atomic E-state index is -1.17. The Morgan fingerprint density at radius 3 is 2.00 bits per heavy atom. The maximum atomic E-state index is 11.8. The second kappa shape index (κ2) is 6.33. The summed E-state index contributed by atoms with van der Waals surface area (Å²) in [6.07, 6.45) is 0. The fourth-order valence-corrected chi connectivity index (χ4v) is 1.61. The van der Waals surface area contributed by atoms with Gasteiger partial charge in [0.1, 0.15) is 0 Å². The molecule has 1 rings (SSSR count). The molecule has 1 saturated heterocycles. The second-order valence-electron chi connectivity index (χ2n) is 4.60. The van der Waals surface area contributed by atoms with Crippen LogP contribution in [0, 0.1) is 0 Å². The van der Waals surface area contributed by atoms with Crippen LogP contribution in [-0.4, -0.2) is 66.0 Å². The van der Waals surface area contributed by atoms with Gasteiger partial charge in [0.2, 0.25) is 0 Å². The highest BCUT2D eigenvalue weighted by Crippen LogP contribution is 2.05. The van der Waals surface area contributed by atoms with Crippen LogP contribution in [0.25, 0.3) is 0 Å². The average molecular weight is 269 g/mol. The molecule has 0 aromatic heterocycles. The minimum Gasteiger partial charge on any atom is -0.478 e. The molecule has 1 aliphatic heterocycles. The molecule has 3 amide bonds. The van der Waals surface area contributed by atoms with Crippen LogP contribution < -0.4 is 5.32 Å². The van der Waals surface area contributed by atoms with E-state index in [1.54, 1.807) is 4.90 Å². The Hall–Kier alpha value is -1.89. The van der Waals surface area contributed by atoms with Gasteiger partial charge in [0.15, 0.2) is 0 Å². The molecule has 0 bridgehead atoms. The predicted molar refractivity (Wildman–Crippen MR) is 68.6 cm³/mol. The van der Waals surface area contributed by atoms with Crippen LogP contribution in [0.2, 0.25) is 0 Å². The summed E-state index contributed by atoms with van der Waals surface area (Å²) in [6, 6.07) is -0.476. The molecule has 0 aromatic rings. The number of hydrogen-bond donors (Lipinski definition) is 2. The summed E-state index contributed by atoms with van der Waals surface area (Å²) in [4.78, 5) is 37.9. The van der Waals surface area contributed by atoms with Crippen molar-refractivity contribution >= 4 is 17.9 Å². The standard InChI is InChI=1S/C12H19N3O4/c1-8(9(2)11(17)18)10(16)13-12(19)15-6-4-14(3)5-7-15/h4-7H2,1-3H3,(H,17,18)(H,13,16,19). The van der Waals surface area contributed by atoms with Crippen LogP contribution in [0.1, 0.15) is 13.8 Å². The number of hydrogen-bond acceptors (Lipinski definition) is 4. The van der Waals surface area contributed by atoms with Gasteiger partial charge < -0.3 is 14.9 Å². The number of carboxylic acid groups (broad SMARTS) is 1. The molecule has 0 radical (unpaired) electrons. The lowest BCUT2D eigenvalue weighted by Gasteiger charge is -2.32. The normalized spacial score (nSPS) is 17.7. The van der Waals surface area contributed by atoms with Gasteiger partial charge in [-0.3, -0.25) is 10.1 Å². The number of imide groups is 1. The van der Waals surface area contributed by atoms with Gasteiger partial charge in [0.05, 0.1) is 0 Å². The first-order valence-corrected chi connectivity index (χ1v) is 6.02. The number of likely N-dealkylation sites (N-methyl/N-ethyl adjacent to an activating group) is 1. The van der Waals surface area contributed by atoms with E-state index in [9.17, 15) is 14.4 Å². The molecule has 1 aliphatic rings. The van der Waals surface area contributed by atoms with Crippen molar-refractivity contribution in [2.24, 2.45) is 0 Å². The van der Waals surface area contributed by atoms with Crippen molar-refractivity contribution in [3.8, 4) is 0 Å². The molecular formula is C12H19N3O4. The molecule has 1 fully saturated rings. The lowest BCUT2D eigenvalue weighted by molar-refractivity contribution is -0.133. The summed E-state index contributed by atoms with van der Waals surface area (Å²) in [5, 5.41) is 11.0. The van der Waals surface area contributed by atoms with E-state index in [-0.39, 0.29) is 11.1 Å². The van der Waals surface area contributed by atoms with Crippen molar-refractivity contribution in [2.75, 3.05) is 33.2 Å². The number of nitrogens with zero attached hydrogens (tertiary/aromatic N) is 2. The van der Waals surface area contributed by atoms with Crippen LogP contribution >= 0.6 is 0 Å². The number of urea groups is 1. The van der Waals surface area contributed by atoms with Crippen molar-refractivity contribution in [1.29, 1.82) is 0 Å². The maximum absolute atomic E-state index is 11.8. The van der Waals surface area contributed by atoms with Crippen molar-refractivity contribution in [1.82, 2.24) is 15.1 Å². The summed E-state index contributed by atoms with van der Waals surface area (Å²) < 4.78 is 0. The lowest BCUT2D eigenvalue weighted by atomic mass is 10.1. The topological polar surface area (TPSA) is 89.9 Å². The molecule has 2 N–H and O–H groups in total. The van der Waals surface area contributed by atoms with Crippen molar-refractivity contribution in [3.63, 3.8) is 0 Å². The quantitative estimate of drug-likeness (QED) is 0.683. The van der Waals surface area contributed by atoms with E-state index in [1.807, 2.05) is 7.05 Å². The average Bonchev–Trinajstić information content (AvgIpc) is 2.37. The maximum Gasteiger partial charge on any atom is 0.331 e. The molecule has 0 saturated carbocycles. The molecular weight excluding hydrogens is 250 g/mol. The highest BCUT2D eigenvalue weighted by atomic mass is 16.4. The van der Waals surface area contributed by atoms with Gasteiger partial charge in [-0.25, -0.2) is 9.59 Å². The van der Waals surface area contributed by atoms with Gasteiger partial charge in [0, 0.05) is 37.3 Å². The summed E-state index contributed by atoms with van der Waals surface area (Å²) >= 11 is 0. The SMILES string of the molecule is CC(C(=O)O)=C(C)C(=O)NC(=O)N1CCN(C)CC1. The number of carbonyl (C=O) groups is 3. The van der Waals surface area contributed by atoms with Gasteiger partial charge in [0.25, 0.3) is 5.91 Å². The molecule has 7 nitrogen and oxygen atoms in total. The van der Waals surface area contributed by atoms with Gasteiger partial charge in [-0.15, -0.1) is 0 Å². The number of piperazine rings is 1. The Bertz CT molecular complexity index is 423. The van der Waals surface area contributed by atoms with Gasteiger partial charge in [-0.2, -0.15) is 0 Å². The highest BCUT2D eigenvalue weighted by molar-refractivity contribution is 6.07. The molecule has 0 unspecified atom stereocenters. The van der Waals surface area contributed by atoms with Crippen LogP contribution in [0.15, 0.2) is 11.1 Å². The third-order valence-corrected chi connectivity index (χ3v) is 3.23. The first kappa shape index (κ1) is 15.2. The van der Waals surface area contributed by atoms with Crippen LogP contribution in [0.4, 0.5) is 4.79 Å². The number of rotatable bonds is 2. The summed E-state index contributed by atoms with van der Waals surface area (Å²) in [7, 11) is 1.96. The van der Waals surface area contributed by atoms with E-state index in [1.165, 1.54) is 13.8 Å². The van der Waals surface area contributed by atoms with Crippen molar-refractivity contribution in [3.05, 3.63) is 11.1 Å². The van der Waals surface area contributed by atoms with Crippen molar-refractivity contribution < 1.29 is 19.5 Å². The van der Waals surface area contributed by atoms with Crippen LogP contribution in [-0.2, 0) is 9.59 Å². The van der Waals surface area contributed by atoms with E-state index in [0.29, 0.717) is 13.1 Å². The first-order valence-electron chi connectivity index (χ1n) is 6.02. The van der Waals surface area contributed by atoms with Gasteiger partial charge >= 0.3 is 12.0 Å². The molecule has 0 aliphatic carbocycles. The fourth-order valence-electron chi connectivity index (χ4n) is 1.61. The Kier molecular flexibility index (Phi) is 5.05. The number of amides is 3. The zero-order chi connectivity index (χ0) is 14.6. The molecule has 0 atom stereocenters. The zero-order valence-electron chi connectivity index (χ0n) is 11.4.